The molecule has 1 aromatic heterocycles. The predicted molar refractivity (Wildman–Crippen MR) is 70.9 cm³/mol. The van der Waals surface area contributed by atoms with E-state index < -0.39 is 15.8 Å². The Balaban J connectivity index is 2.35. The quantitative estimate of drug-likeness (QED) is 0.852. The lowest BCUT2D eigenvalue weighted by molar-refractivity contribution is 0.600. The van der Waals surface area contributed by atoms with Gasteiger partial charge in [0, 0.05) is 5.69 Å². The molecule has 0 aliphatic rings. The van der Waals surface area contributed by atoms with E-state index in [2.05, 4.69) is 9.71 Å². The third kappa shape index (κ3) is 3.12. The molecule has 8 heteroatoms. The number of rotatable bonds is 3. The van der Waals surface area contributed by atoms with E-state index in [1.165, 1.54) is 24.3 Å². The number of nitrogens with two attached hydrogens (primary N) is 1. The highest BCUT2D eigenvalue weighted by Gasteiger charge is 2.18. The monoisotopic (exact) mass is 301 g/mol. The summed E-state index contributed by atoms with van der Waals surface area (Å²) in [7, 11) is -3.90. The summed E-state index contributed by atoms with van der Waals surface area (Å²) in [5, 5.41) is -0.00499. The van der Waals surface area contributed by atoms with E-state index in [0.717, 1.165) is 12.3 Å². The second-order valence-corrected chi connectivity index (χ2v) is 5.72. The Morgan fingerprint density at radius 3 is 2.58 bits per heavy atom. The van der Waals surface area contributed by atoms with Crippen molar-refractivity contribution >= 4 is 33.1 Å². The summed E-state index contributed by atoms with van der Waals surface area (Å²) < 4.78 is 39.0. The lowest BCUT2D eigenvalue weighted by atomic mass is 10.3. The number of nitrogens with zero attached hydrogens (tertiary/aromatic N) is 1. The van der Waals surface area contributed by atoms with E-state index in [1.807, 2.05) is 0 Å². The lowest BCUT2D eigenvalue weighted by Crippen LogP contribution is -2.14. The van der Waals surface area contributed by atoms with Crippen LogP contribution in [0.15, 0.2) is 41.4 Å². The van der Waals surface area contributed by atoms with Crippen molar-refractivity contribution in [2.75, 3.05) is 10.5 Å². The molecule has 0 saturated heterocycles. The van der Waals surface area contributed by atoms with Gasteiger partial charge >= 0.3 is 0 Å². The van der Waals surface area contributed by atoms with Crippen molar-refractivity contribution in [2.24, 2.45) is 0 Å². The fraction of sp³-hybridized carbons (Fsp3) is 0. The van der Waals surface area contributed by atoms with Gasteiger partial charge in [0.05, 0.1) is 11.2 Å². The Labute approximate surface area is 114 Å². The number of hydrogen-bond donors (Lipinski definition) is 2. The number of pyridine rings is 1. The summed E-state index contributed by atoms with van der Waals surface area (Å²) in [4.78, 5) is 3.47. The van der Waals surface area contributed by atoms with E-state index in [9.17, 15) is 12.8 Å². The SMILES string of the molecule is Nc1ccc(S(=O)(=O)Nc2ccc(F)cn2)c(Cl)c1. The topological polar surface area (TPSA) is 85.1 Å². The van der Waals surface area contributed by atoms with Crippen molar-refractivity contribution in [1.29, 1.82) is 0 Å². The van der Waals surface area contributed by atoms with E-state index in [-0.39, 0.29) is 15.7 Å². The fourth-order valence-electron chi connectivity index (χ4n) is 1.36. The van der Waals surface area contributed by atoms with Gasteiger partial charge in [0.1, 0.15) is 16.5 Å². The van der Waals surface area contributed by atoms with E-state index >= 15 is 0 Å². The van der Waals surface area contributed by atoms with Crippen LogP contribution in [-0.4, -0.2) is 13.4 Å². The van der Waals surface area contributed by atoms with E-state index in [4.69, 9.17) is 17.3 Å². The van der Waals surface area contributed by atoms with Gasteiger partial charge < -0.3 is 5.73 Å². The standard InChI is InChI=1S/C11H9ClFN3O2S/c12-9-5-8(14)2-3-10(9)19(17,18)16-11-4-1-7(13)6-15-11/h1-6H,14H2,(H,15,16). The molecule has 0 amide bonds. The molecule has 2 aromatic rings. The molecule has 0 fully saturated rings. The number of anilines is 2. The first-order valence-corrected chi connectivity index (χ1v) is 6.94. The van der Waals surface area contributed by atoms with Gasteiger partial charge in [0.25, 0.3) is 10.0 Å². The molecule has 3 N–H and O–H groups in total. The number of sulfonamides is 1. The second-order valence-electron chi connectivity index (χ2n) is 3.66. The maximum Gasteiger partial charge on any atom is 0.264 e. The Hall–Kier alpha value is -1.86. The van der Waals surface area contributed by atoms with Crippen molar-refractivity contribution in [3.05, 3.63) is 47.4 Å². The van der Waals surface area contributed by atoms with Gasteiger partial charge in [-0.1, -0.05) is 11.6 Å². The minimum absolute atomic E-state index is 0.00499. The molecule has 0 unspecified atom stereocenters. The summed E-state index contributed by atoms with van der Waals surface area (Å²) >= 11 is 5.83. The Morgan fingerprint density at radius 1 is 1.26 bits per heavy atom. The molecule has 0 aliphatic carbocycles. The zero-order valence-corrected chi connectivity index (χ0v) is 11.0. The van der Waals surface area contributed by atoms with Crippen molar-refractivity contribution in [2.45, 2.75) is 4.90 Å². The molecular weight excluding hydrogens is 293 g/mol. The summed E-state index contributed by atoms with van der Waals surface area (Å²) in [6.45, 7) is 0. The third-order valence-corrected chi connectivity index (χ3v) is 4.05. The van der Waals surface area contributed by atoms with Crippen LogP contribution in [0.25, 0.3) is 0 Å². The molecule has 100 valence electrons. The molecule has 2 rings (SSSR count). The largest absolute Gasteiger partial charge is 0.399 e. The molecule has 0 bridgehead atoms. The van der Waals surface area contributed by atoms with Crippen molar-refractivity contribution in [3.8, 4) is 0 Å². The van der Waals surface area contributed by atoms with Crippen LogP contribution in [0.3, 0.4) is 0 Å². The summed E-state index contributed by atoms with van der Waals surface area (Å²) in [6.07, 6.45) is 0.905. The van der Waals surface area contributed by atoms with E-state index in [1.54, 1.807) is 0 Å². The number of nitrogen functional groups attached to an aromatic ring is 1. The van der Waals surface area contributed by atoms with Crippen molar-refractivity contribution < 1.29 is 12.8 Å². The van der Waals surface area contributed by atoms with Gasteiger partial charge in [-0.05, 0) is 30.3 Å². The minimum Gasteiger partial charge on any atom is -0.399 e. The van der Waals surface area contributed by atoms with Crippen LogP contribution in [0.5, 0.6) is 0 Å². The average molecular weight is 302 g/mol. The van der Waals surface area contributed by atoms with Crippen molar-refractivity contribution in [1.82, 2.24) is 4.98 Å². The highest BCUT2D eigenvalue weighted by Crippen LogP contribution is 2.25. The molecule has 1 aromatic carbocycles. The highest BCUT2D eigenvalue weighted by atomic mass is 35.5. The molecule has 0 radical (unpaired) electrons. The zero-order valence-electron chi connectivity index (χ0n) is 9.47. The van der Waals surface area contributed by atoms with Gasteiger partial charge in [0.2, 0.25) is 0 Å². The zero-order chi connectivity index (χ0) is 14.0. The van der Waals surface area contributed by atoms with Gasteiger partial charge in [-0.2, -0.15) is 0 Å². The first-order chi connectivity index (χ1) is 8.88. The first-order valence-electron chi connectivity index (χ1n) is 5.08. The number of nitrogens with one attached hydrogen (secondary N) is 1. The molecule has 1 heterocycles. The van der Waals surface area contributed by atoms with Crippen LogP contribution in [-0.2, 0) is 10.0 Å². The number of benzene rings is 1. The van der Waals surface area contributed by atoms with Crippen LogP contribution in [0.1, 0.15) is 0 Å². The smallest absolute Gasteiger partial charge is 0.264 e. The van der Waals surface area contributed by atoms with E-state index in [0.29, 0.717) is 5.69 Å². The summed E-state index contributed by atoms with van der Waals surface area (Å²) in [6, 6.07) is 6.32. The number of aromatic nitrogens is 1. The summed E-state index contributed by atoms with van der Waals surface area (Å²) in [5.41, 5.74) is 5.84. The molecule has 0 aliphatic heterocycles. The van der Waals surface area contributed by atoms with Crippen LogP contribution in [0.4, 0.5) is 15.9 Å². The Kier molecular flexibility index (Phi) is 3.59. The number of halogens is 2. The molecule has 0 saturated carbocycles. The fourth-order valence-corrected chi connectivity index (χ4v) is 2.93. The molecule has 5 nitrogen and oxygen atoms in total. The molecule has 0 spiro atoms. The first kappa shape index (κ1) is 13.6. The average Bonchev–Trinajstić information content (AvgIpc) is 2.31. The molecule has 0 atom stereocenters. The van der Waals surface area contributed by atoms with Gasteiger partial charge in [-0.25, -0.2) is 17.8 Å². The maximum atomic E-state index is 12.7. The van der Waals surface area contributed by atoms with Gasteiger partial charge in [-0.3, -0.25) is 4.72 Å². The van der Waals surface area contributed by atoms with Crippen LogP contribution in [0, 0.1) is 5.82 Å². The number of hydrogen-bond acceptors (Lipinski definition) is 4. The summed E-state index contributed by atoms with van der Waals surface area (Å²) in [5.74, 6) is -0.567. The van der Waals surface area contributed by atoms with Gasteiger partial charge in [0.15, 0.2) is 0 Å². The second kappa shape index (κ2) is 5.02. The lowest BCUT2D eigenvalue weighted by Gasteiger charge is -2.09. The maximum absolute atomic E-state index is 12.7. The third-order valence-electron chi connectivity index (χ3n) is 2.21. The highest BCUT2D eigenvalue weighted by molar-refractivity contribution is 7.92. The minimum atomic E-state index is -3.90. The predicted octanol–water partition coefficient (Wildman–Crippen LogP) is 2.26. The van der Waals surface area contributed by atoms with Crippen LogP contribution < -0.4 is 10.5 Å². The van der Waals surface area contributed by atoms with Crippen LogP contribution in [0.2, 0.25) is 5.02 Å². The van der Waals surface area contributed by atoms with Crippen LogP contribution >= 0.6 is 11.6 Å². The molecular formula is C11H9ClFN3O2S. The Morgan fingerprint density at radius 2 is 2.00 bits per heavy atom. The Bertz CT molecular complexity index is 704. The molecule has 19 heavy (non-hydrogen) atoms. The van der Waals surface area contributed by atoms with Crippen molar-refractivity contribution in [3.63, 3.8) is 0 Å². The van der Waals surface area contributed by atoms with Gasteiger partial charge in [-0.15, -0.1) is 0 Å². The normalized spacial score (nSPS) is 11.3.